The van der Waals surface area contributed by atoms with Gasteiger partial charge in [0.1, 0.15) is 6.10 Å². The molecule has 42 heavy (non-hydrogen) atoms. The molecule has 3 saturated carbocycles. The third-order valence-corrected chi connectivity index (χ3v) is 12.4. The van der Waals surface area contributed by atoms with Crippen LogP contribution in [0.5, 0.6) is 0 Å². The fourth-order valence-corrected chi connectivity index (χ4v) is 9.37. The van der Waals surface area contributed by atoms with E-state index in [-0.39, 0.29) is 18.1 Å². The number of aliphatic hydroxyl groups excluding tert-OH is 1. The van der Waals surface area contributed by atoms with Gasteiger partial charge in [0.2, 0.25) is 0 Å². The lowest BCUT2D eigenvalue weighted by Crippen LogP contribution is -2.61. The number of hydrogen-bond acceptors (Lipinski definition) is 7. The molecule has 0 bridgehead atoms. The van der Waals surface area contributed by atoms with Gasteiger partial charge in [-0.1, -0.05) is 77.0 Å². The first-order valence-electron chi connectivity index (χ1n) is 16.4. The lowest BCUT2D eigenvalue weighted by molar-refractivity contribution is -0.300. The second kappa shape index (κ2) is 11.2. The van der Waals surface area contributed by atoms with E-state index >= 15 is 0 Å². The Labute approximate surface area is 251 Å². The molecule has 0 aromatic heterocycles. The van der Waals surface area contributed by atoms with Gasteiger partial charge in [0, 0.05) is 0 Å². The molecular formula is C35H50O7. The summed E-state index contributed by atoms with van der Waals surface area (Å²) in [5, 5.41) is 10.3. The average molecular weight is 583 g/mol. The molecule has 0 amide bonds. The van der Waals surface area contributed by atoms with E-state index in [1.165, 1.54) is 31.3 Å². The third kappa shape index (κ3) is 5.01. The molecule has 5 fully saturated rings. The molecule has 12 atom stereocenters. The highest BCUT2D eigenvalue weighted by Crippen LogP contribution is 2.66. The number of rotatable bonds is 6. The summed E-state index contributed by atoms with van der Waals surface area (Å²) in [6, 6.07) is 0. The SMILES string of the molecule is CC(C)C(C)C=CC(C)C1CCC2C3=CC=C4CC(OC5OCC(O)C6OC(=O)C(=O)OC56)CCC4(C)C3CCC21C. The Morgan fingerprint density at radius 2 is 1.67 bits per heavy atom. The van der Waals surface area contributed by atoms with Crippen molar-refractivity contribution in [1.29, 1.82) is 0 Å². The maximum Gasteiger partial charge on any atom is 0.418 e. The maximum absolute atomic E-state index is 11.9. The highest BCUT2D eigenvalue weighted by molar-refractivity contribution is 6.30. The lowest BCUT2D eigenvalue weighted by Gasteiger charge is -2.55. The van der Waals surface area contributed by atoms with Crippen molar-refractivity contribution in [2.75, 3.05) is 6.61 Å². The molecule has 2 saturated heterocycles. The lowest BCUT2D eigenvalue weighted by atomic mass is 9.50. The number of ether oxygens (including phenoxy) is 4. The highest BCUT2D eigenvalue weighted by Gasteiger charge is 2.57. The normalized spacial score (nSPS) is 44.7. The second-order valence-corrected chi connectivity index (χ2v) is 15.0. The Morgan fingerprint density at radius 1 is 0.929 bits per heavy atom. The van der Waals surface area contributed by atoms with E-state index in [0.717, 1.165) is 25.2 Å². The second-order valence-electron chi connectivity index (χ2n) is 15.0. The number of carbonyl (C=O) groups is 2. The summed E-state index contributed by atoms with van der Waals surface area (Å²) >= 11 is 0. The van der Waals surface area contributed by atoms with Crippen molar-refractivity contribution < 1.29 is 33.6 Å². The van der Waals surface area contributed by atoms with Crippen LogP contribution in [0.4, 0.5) is 0 Å². The van der Waals surface area contributed by atoms with Crippen molar-refractivity contribution in [2.45, 2.75) is 117 Å². The number of aliphatic hydroxyl groups is 1. The molecule has 0 aromatic carbocycles. The summed E-state index contributed by atoms with van der Waals surface area (Å²) < 4.78 is 22.6. The first kappa shape index (κ1) is 30.1. The van der Waals surface area contributed by atoms with Gasteiger partial charge in [-0.15, -0.1) is 0 Å². The molecule has 232 valence electrons. The fraction of sp³-hybridized carbons (Fsp3) is 0.771. The van der Waals surface area contributed by atoms with Crippen molar-refractivity contribution >= 4 is 11.9 Å². The zero-order valence-corrected chi connectivity index (χ0v) is 26.2. The summed E-state index contributed by atoms with van der Waals surface area (Å²) in [7, 11) is 0. The van der Waals surface area contributed by atoms with Crippen LogP contribution in [0.25, 0.3) is 0 Å². The predicted octanol–water partition coefficient (Wildman–Crippen LogP) is 5.91. The standard InChI is InChI=1S/C35H50O7/c1-19(2)20(3)7-8-21(4)25-11-12-26-24-10-9-22-17-23(13-15-34(22,5)27(24)14-16-35(25,26)6)40-33-30-29(28(36)18-39-33)41-31(37)32(38)42-30/h7-10,19-21,23,25-30,33,36H,11-18H2,1-6H3. The molecule has 0 spiro atoms. The zero-order valence-electron chi connectivity index (χ0n) is 26.2. The Hall–Kier alpha value is -1.96. The number of allylic oxidation sites excluding steroid dienone is 5. The van der Waals surface area contributed by atoms with E-state index in [9.17, 15) is 14.7 Å². The molecule has 6 aliphatic rings. The van der Waals surface area contributed by atoms with Gasteiger partial charge in [-0.2, -0.15) is 0 Å². The molecule has 12 unspecified atom stereocenters. The molecule has 2 heterocycles. The Kier molecular flexibility index (Phi) is 8.02. The van der Waals surface area contributed by atoms with Crippen LogP contribution in [0.1, 0.15) is 86.5 Å². The summed E-state index contributed by atoms with van der Waals surface area (Å²) in [5.74, 6) is 1.71. The minimum absolute atomic E-state index is 0.0374. The maximum atomic E-state index is 11.9. The number of esters is 2. The van der Waals surface area contributed by atoms with E-state index in [4.69, 9.17) is 18.9 Å². The van der Waals surface area contributed by atoms with E-state index in [2.05, 4.69) is 65.8 Å². The number of fused-ring (bicyclic) bond motifs is 6. The molecule has 7 heteroatoms. The molecule has 1 N–H and O–H groups in total. The van der Waals surface area contributed by atoms with E-state index < -0.39 is 36.5 Å². The zero-order chi connectivity index (χ0) is 30.0. The van der Waals surface area contributed by atoms with Crippen LogP contribution in [0.15, 0.2) is 35.5 Å². The van der Waals surface area contributed by atoms with Crippen molar-refractivity contribution in [1.82, 2.24) is 0 Å². The average Bonchev–Trinajstić information content (AvgIpc) is 3.31. The van der Waals surface area contributed by atoms with Gasteiger partial charge in [-0.25, -0.2) is 9.59 Å². The topological polar surface area (TPSA) is 91.3 Å². The molecule has 0 aromatic rings. The molecule has 2 aliphatic heterocycles. The van der Waals surface area contributed by atoms with Gasteiger partial charge in [0.25, 0.3) is 0 Å². The molecule has 7 nitrogen and oxygen atoms in total. The summed E-state index contributed by atoms with van der Waals surface area (Å²) in [6.07, 6.45) is 13.7. The largest absolute Gasteiger partial charge is 0.447 e. The molecular weight excluding hydrogens is 532 g/mol. The van der Waals surface area contributed by atoms with E-state index in [0.29, 0.717) is 35.0 Å². The first-order chi connectivity index (χ1) is 19.9. The highest BCUT2D eigenvalue weighted by atomic mass is 16.7. The van der Waals surface area contributed by atoms with Crippen LogP contribution in [0.2, 0.25) is 0 Å². The van der Waals surface area contributed by atoms with Crippen LogP contribution in [0.3, 0.4) is 0 Å². The predicted molar refractivity (Wildman–Crippen MR) is 158 cm³/mol. The van der Waals surface area contributed by atoms with E-state index in [1.807, 2.05) is 0 Å². The Balaban J connectivity index is 1.15. The van der Waals surface area contributed by atoms with Crippen LogP contribution in [0, 0.1) is 46.3 Å². The molecule has 6 rings (SSSR count). The Morgan fingerprint density at radius 3 is 2.40 bits per heavy atom. The van der Waals surface area contributed by atoms with Gasteiger partial charge in [0.05, 0.1) is 12.7 Å². The Bertz CT molecular complexity index is 1170. The fourth-order valence-electron chi connectivity index (χ4n) is 9.37. The van der Waals surface area contributed by atoms with Crippen molar-refractivity contribution in [2.24, 2.45) is 46.3 Å². The minimum atomic E-state index is -1.08. The molecule has 0 radical (unpaired) electrons. The van der Waals surface area contributed by atoms with Gasteiger partial charge in [-0.05, 0) is 91.3 Å². The van der Waals surface area contributed by atoms with Crippen LogP contribution in [-0.4, -0.2) is 54.4 Å². The van der Waals surface area contributed by atoms with Crippen LogP contribution < -0.4 is 0 Å². The van der Waals surface area contributed by atoms with Crippen molar-refractivity contribution in [3.8, 4) is 0 Å². The van der Waals surface area contributed by atoms with Gasteiger partial charge in [-0.3, -0.25) is 0 Å². The van der Waals surface area contributed by atoms with Crippen molar-refractivity contribution in [3.05, 3.63) is 35.5 Å². The van der Waals surface area contributed by atoms with Gasteiger partial charge < -0.3 is 24.1 Å². The minimum Gasteiger partial charge on any atom is -0.447 e. The van der Waals surface area contributed by atoms with Gasteiger partial charge in [0.15, 0.2) is 18.5 Å². The number of hydrogen-bond donors (Lipinski definition) is 1. The molecule has 4 aliphatic carbocycles. The van der Waals surface area contributed by atoms with Crippen molar-refractivity contribution in [3.63, 3.8) is 0 Å². The third-order valence-electron chi connectivity index (χ3n) is 12.4. The monoisotopic (exact) mass is 582 g/mol. The first-order valence-corrected chi connectivity index (χ1v) is 16.4. The summed E-state index contributed by atoms with van der Waals surface area (Å²) in [6.45, 7) is 14.4. The number of carbonyl (C=O) groups excluding carboxylic acids is 2. The summed E-state index contributed by atoms with van der Waals surface area (Å²) in [5.41, 5.74) is 3.60. The quantitative estimate of drug-likeness (QED) is 0.237. The smallest absolute Gasteiger partial charge is 0.418 e. The van der Waals surface area contributed by atoms with Gasteiger partial charge >= 0.3 is 11.9 Å². The van der Waals surface area contributed by atoms with E-state index in [1.54, 1.807) is 5.57 Å². The summed E-state index contributed by atoms with van der Waals surface area (Å²) in [4.78, 5) is 23.6. The van der Waals surface area contributed by atoms with Crippen LogP contribution in [-0.2, 0) is 28.5 Å². The van der Waals surface area contributed by atoms with Crippen LogP contribution >= 0.6 is 0 Å².